The maximum absolute atomic E-state index is 13.4. The number of ether oxygens (including phenoxy) is 3. The highest BCUT2D eigenvalue weighted by Crippen LogP contribution is 2.30. The lowest BCUT2D eigenvalue weighted by Gasteiger charge is -2.23. The molecule has 2 fully saturated rings. The van der Waals surface area contributed by atoms with Crippen LogP contribution in [0.5, 0.6) is 0 Å². The summed E-state index contributed by atoms with van der Waals surface area (Å²) in [4.78, 5) is 36.6. The maximum atomic E-state index is 13.4. The van der Waals surface area contributed by atoms with Gasteiger partial charge in [0.2, 0.25) is 6.29 Å². The summed E-state index contributed by atoms with van der Waals surface area (Å²) >= 11 is 0. The molecule has 3 aromatic rings. The van der Waals surface area contributed by atoms with E-state index in [4.69, 9.17) is 19.2 Å². The Morgan fingerprint density at radius 3 is 2.82 bits per heavy atom. The first-order valence-electron chi connectivity index (χ1n) is 12.9. The minimum Gasteiger partial charge on any atom is -0.449 e. The van der Waals surface area contributed by atoms with E-state index in [1.807, 2.05) is 12.1 Å². The fourth-order valence-corrected chi connectivity index (χ4v) is 4.55. The Kier molecular flexibility index (Phi) is 7.86. The highest BCUT2D eigenvalue weighted by Gasteiger charge is 2.25. The zero-order valence-electron chi connectivity index (χ0n) is 21.9. The summed E-state index contributed by atoms with van der Waals surface area (Å²) in [6, 6.07) is 11.4. The summed E-state index contributed by atoms with van der Waals surface area (Å²) in [5.74, 6) is -0.0776. The summed E-state index contributed by atoms with van der Waals surface area (Å²) in [5.41, 5.74) is 3.06. The Morgan fingerprint density at radius 2 is 2.08 bits per heavy atom. The minimum atomic E-state index is -0.806. The second-order valence-electron chi connectivity index (χ2n) is 9.56. The van der Waals surface area contributed by atoms with Crippen molar-refractivity contribution in [3.8, 4) is 6.07 Å². The Balaban J connectivity index is 1.48. The molecule has 0 spiro atoms. The molecule has 1 saturated carbocycles. The Labute approximate surface area is 226 Å². The van der Waals surface area contributed by atoms with E-state index >= 15 is 0 Å². The number of nitriles is 1. The molecule has 0 atom stereocenters. The van der Waals surface area contributed by atoms with Crippen LogP contribution in [0.4, 0.5) is 16.3 Å². The van der Waals surface area contributed by atoms with E-state index in [9.17, 15) is 14.9 Å². The van der Waals surface area contributed by atoms with E-state index in [2.05, 4.69) is 21.7 Å². The topological polar surface area (TPSA) is 139 Å². The number of carbonyl (C=O) groups excluding carboxylic acids is 2. The number of para-hydroxylation sites is 1. The SMILES string of the molecule is COC(OC)c1nc2c(C(=O)Nc3cc(NC4CC4)c(C#N)cn3)cccc2cc1CN1CCCCOC1=O. The normalized spacial score (nSPS) is 15.5. The van der Waals surface area contributed by atoms with E-state index < -0.39 is 12.2 Å². The fourth-order valence-electron chi connectivity index (χ4n) is 4.55. The van der Waals surface area contributed by atoms with E-state index in [1.165, 1.54) is 20.4 Å². The van der Waals surface area contributed by atoms with Crippen molar-refractivity contribution < 1.29 is 23.8 Å². The summed E-state index contributed by atoms with van der Waals surface area (Å²) in [6.07, 6.45) is 4.01. The van der Waals surface area contributed by atoms with Crippen LogP contribution >= 0.6 is 0 Å². The quantitative estimate of drug-likeness (QED) is 0.387. The number of cyclic esters (lactones) is 1. The van der Waals surface area contributed by atoms with Gasteiger partial charge in [-0.25, -0.2) is 14.8 Å². The largest absolute Gasteiger partial charge is 0.449 e. The highest BCUT2D eigenvalue weighted by molar-refractivity contribution is 6.11. The molecule has 2 aromatic heterocycles. The first-order valence-corrected chi connectivity index (χ1v) is 12.9. The molecule has 1 aliphatic carbocycles. The summed E-state index contributed by atoms with van der Waals surface area (Å²) in [6.45, 7) is 1.24. The molecular weight excluding hydrogens is 500 g/mol. The standard InChI is InChI=1S/C28H30N6O5/c1-37-27(38-2)25-18(16-34-10-3-4-11-39-28(34)36)12-17-6-5-7-21(24(17)33-25)26(35)32-23-13-22(31-20-8-9-20)19(14-29)15-30-23/h5-7,12-13,15,20,27H,3-4,8-11,16H2,1-2H3,(H2,30,31,32,35). The Hall–Kier alpha value is -4.27. The van der Waals surface area contributed by atoms with Crippen molar-refractivity contribution in [1.29, 1.82) is 5.26 Å². The second kappa shape index (κ2) is 11.6. The second-order valence-corrected chi connectivity index (χ2v) is 9.56. The van der Waals surface area contributed by atoms with Gasteiger partial charge in [-0.05, 0) is 43.4 Å². The van der Waals surface area contributed by atoms with Gasteiger partial charge >= 0.3 is 6.09 Å². The molecule has 2 aliphatic rings. The zero-order chi connectivity index (χ0) is 27.4. The monoisotopic (exact) mass is 530 g/mol. The smallest absolute Gasteiger partial charge is 0.410 e. The molecule has 11 heteroatoms. The molecular formula is C28H30N6O5. The van der Waals surface area contributed by atoms with Gasteiger partial charge in [0.05, 0.1) is 35.5 Å². The number of nitrogens with one attached hydrogen (secondary N) is 2. The van der Waals surface area contributed by atoms with Crippen LogP contribution in [0, 0.1) is 11.3 Å². The number of rotatable bonds is 9. The molecule has 11 nitrogen and oxygen atoms in total. The van der Waals surface area contributed by atoms with Crippen LogP contribution in [-0.4, -0.2) is 60.3 Å². The van der Waals surface area contributed by atoms with Crippen molar-refractivity contribution in [2.45, 2.75) is 44.6 Å². The molecule has 39 heavy (non-hydrogen) atoms. The molecule has 0 unspecified atom stereocenters. The van der Waals surface area contributed by atoms with Gasteiger partial charge in [-0.3, -0.25) is 4.79 Å². The van der Waals surface area contributed by atoms with Gasteiger partial charge in [0.15, 0.2) is 0 Å². The lowest BCUT2D eigenvalue weighted by atomic mass is 10.0. The predicted octanol–water partition coefficient (Wildman–Crippen LogP) is 4.35. The van der Waals surface area contributed by atoms with E-state index in [0.29, 0.717) is 53.0 Å². The van der Waals surface area contributed by atoms with Crippen LogP contribution in [0.2, 0.25) is 0 Å². The molecule has 1 aromatic carbocycles. The van der Waals surface area contributed by atoms with Gasteiger partial charge < -0.3 is 29.7 Å². The van der Waals surface area contributed by atoms with Gasteiger partial charge in [0.25, 0.3) is 5.91 Å². The van der Waals surface area contributed by atoms with Crippen molar-refractivity contribution in [1.82, 2.24) is 14.9 Å². The maximum Gasteiger partial charge on any atom is 0.410 e. The number of aromatic nitrogens is 2. The van der Waals surface area contributed by atoms with Gasteiger partial charge in [-0.2, -0.15) is 5.26 Å². The van der Waals surface area contributed by atoms with Crippen LogP contribution in [-0.2, 0) is 20.8 Å². The molecule has 1 aliphatic heterocycles. The predicted molar refractivity (Wildman–Crippen MR) is 143 cm³/mol. The molecule has 5 rings (SSSR count). The first kappa shape index (κ1) is 26.3. The van der Waals surface area contributed by atoms with Gasteiger partial charge in [-0.1, -0.05) is 12.1 Å². The third-order valence-corrected chi connectivity index (χ3v) is 6.72. The van der Waals surface area contributed by atoms with Gasteiger partial charge in [0.1, 0.15) is 17.6 Å². The van der Waals surface area contributed by atoms with E-state index in [0.717, 1.165) is 36.6 Å². The van der Waals surface area contributed by atoms with Crippen LogP contribution in [0.15, 0.2) is 36.5 Å². The first-order chi connectivity index (χ1) is 19.0. The summed E-state index contributed by atoms with van der Waals surface area (Å²) in [5, 5.41) is 16.3. The number of carbonyl (C=O) groups is 2. The lowest BCUT2D eigenvalue weighted by Crippen LogP contribution is -2.31. The number of hydrogen-bond donors (Lipinski definition) is 2. The Bertz CT molecular complexity index is 1430. The number of nitrogens with zero attached hydrogens (tertiary/aromatic N) is 4. The van der Waals surface area contributed by atoms with Crippen molar-refractivity contribution in [3.63, 3.8) is 0 Å². The number of hydrogen-bond acceptors (Lipinski definition) is 9. The molecule has 202 valence electrons. The number of methoxy groups -OCH3 is 2. The molecule has 2 amide bonds. The third kappa shape index (κ3) is 5.92. The zero-order valence-corrected chi connectivity index (χ0v) is 21.9. The van der Waals surface area contributed by atoms with Crippen LogP contribution in [0.1, 0.15) is 59.2 Å². The molecule has 0 radical (unpaired) electrons. The van der Waals surface area contributed by atoms with Crippen LogP contribution < -0.4 is 10.6 Å². The van der Waals surface area contributed by atoms with Crippen molar-refractivity contribution in [3.05, 3.63) is 58.9 Å². The molecule has 0 bridgehead atoms. The third-order valence-electron chi connectivity index (χ3n) is 6.72. The Morgan fingerprint density at radius 1 is 1.26 bits per heavy atom. The lowest BCUT2D eigenvalue weighted by molar-refractivity contribution is -0.109. The molecule has 3 heterocycles. The van der Waals surface area contributed by atoms with E-state index in [1.54, 1.807) is 23.1 Å². The highest BCUT2D eigenvalue weighted by atomic mass is 16.7. The number of anilines is 2. The average molecular weight is 531 g/mol. The van der Waals surface area contributed by atoms with Crippen molar-refractivity contribution >= 4 is 34.4 Å². The minimum absolute atomic E-state index is 0.267. The molecule has 2 N–H and O–H groups in total. The fraction of sp³-hybridized carbons (Fsp3) is 0.393. The molecule has 1 saturated heterocycles. The average Bonchev–Trinajstić information content (AvgIpc) is 3.78. The van der Waals surface area contributed by atoms with Crippen molar-refractivity contribution in [2.24, 2.45) is 0 Å². The summed E-state index contributed by atoms with van der Waals surface area (Å²) < 4.78 is 16.3. The van der Waals surface area contributed by atoms with E-state index in [-0.39, 0.29) is 12.6 Å². The van der Waals surface area contributed by atoms with Gasteiger partial charge in [-0.15, -0.1) is 0 Å². The number of pyridine rings is 2. The number of benzene rings is 1. The summed E-state index contributed by atoms with van der Waals surface area (Å²) in [7, 11) is 3.01. The van der Waals surface area contributed by atoms with Gasteiger partial charge in [0, 0.05) is 44.5 Å². The number of fused-ring (bicyclic) bond motifs is 1. The van der Waals surface area contributed by atoms with Crippen LogP contribution in [0.25, 0.3) is 10.9 Å². The number of amides is 2. The van der Waals surface area contributed by atoms with Crippen molar-refractivity contribution in [2.75, 3.05) is 38.0 Å². The van der Waals surface area contributed by atoms with Crippen LogP contribution in [0.3, 0.4) is 0 Å².